The van der Waals surface area contributed by atoms with E-state index in [1.807, 2.05) is 36.0 Å². The first kappa shape index (κ1) is 29.2. The van der Waals surface area contributed by atoms with E-state index in [0.29, 0.717) is 48.8 Å². The van der Waals surface area contributed by atoms with E-state index in [4.69, 9.17) is 4.74 Å². The van der Waals surface area contributed by atoms with Crippen molar-refractivity contribution in [3.05, 3.63) is 65.1 Å². The van der Waals surface area contributed by atoms with Crippen LogP contribution in [-0.2, 0) is 4.79 Å². The van der Waals surface area contributed by atoms with E-state index >= 15 is 0 Å². The lowest BCUT2D eigenvalue weighted by Crippen LogP contribution is -2.44. The third-order valence-corrected chi connectivity index (χ3v) is 7.59. The van der Waals surface area contributed by atoms with Gasteiger partial charge in [-0.15, -0.1) is 0 Å². The second-order valence-electron chi connectivity index (χ2n) is 10.3. The number of rotatable bonds is 8. The number of anilines is 1. The largest absolute Gasteiger partial charge is 0.497 e. The molecule has 1 fully saturated rings. The van der Waals surface area contributed by atoms with Crippen molar-refractivity contribution >= 4 is 22.6 Å². The number of pyridine rings is 1. The number of carbonyl (C=O) groups is 1. The Morgan fingerprint density at radius 1 is 1.20 bits per heavy atom. The number of carboxylic acids is 1. The Morgan fingerprint density at radius 3 is 2.58 bits per heavy atom. The number of aliphatic carboxylic acids is 1. The van der Waals surface area contributed by atoms with Crippen molar-refractivity contribution < 1.29 is 32.9 Å². The van der Waals surface area contributed by atoms with Gasteiger partial charge >= 0.3 is 5.97 Å². The van der Waals surface area contributed by atoms with Gasteiger partial charge in [-0.3, -0.25) is 14.7 Å². The van der Waals surface area contributed by atoms with Crippen molar-refractivity contribution in [1.29, 1.82) is 0 Å². The molecule has 2 aromatic carbocycles. The highest BCUT2D eigenvalue weighted by Crippen LogP contribution is 2.41. The van der Waals surface area contributed by atoms with Crippen molar-refractivity contribution in [2.45, 2.75) is 31.8 Å². The van der Waals surface area contributed by atoms with Gasteiger partial charge < -0.3 is 19.8 Å². The van der Waals surface area contributed by atoms with E-state index in [1.165, 1.54) is 0 Å². The van der Waals surface area contributed by atoms with Crippen LogP contribution in [-0.4, -0.2) is 66.9 Å². The molecule has 212 valence electrons. The first-order valence-electron chi connectivity index (χ1n) is 13.0. The number of hydrogen-bond donors (Lipinski definition) is 2. The number of aromatic nitrogens is 1. The predicted octanol–water partition coefficient (Wildman–Crippen LogP) is 4.76. The number of hydrogen-bond acceptors (Lipinski definition) is 6. The summed E-state index contributed by atoms with van der Waals surface area (Å²) in [6.45, 7) is 1.05. The van der Waals surface area contributed by atoms with Gasteiger partial charge in [0.1, 0.15) is 11.6 Å². The smallest absolute Gasteiger partial charge is 0.309 e. The summed E-state index contributed by atoms with van der Waals surface area (Å²) in [7, 11) is 5.28. The molecule has 0 bridgehead atoms. The molecule has 7 nitrogen and oxygen atoms in total. The molecular weight excluding hydrogens is 523 g/mol. The molecule has 0 aliphatic carbocycles. The molecule has 0 spiro atoms. The number of methoxy groups -OCH3 is 1. The van der Waals surface area contributed by atoms with Crippen LogP contribution in [0.2, 0.25) is 0 Å². The average molecular weight is 556 g/mol. The van der Waals surface area contributed by atoms with Crippen molar-refractivity contribution in [3.8, 4) is 17.6 Å². The first-order valence-corrected chi connectivity index (χ1v) is 13.0. The van der Waals surface area contributed by atoms with Crippen molar-refractivity contribution in [3.63, 3.8) is 0 Å². The van der Waals surface area contributed by atoms with Crippen LogP contribution in [0.15, 0.2) is 36.5 Å². The van der Waals surface area contributed by atoms with Gasteiger partial charge in [0, 0.05) is 44.2 Å². The molecule has 0 unspecified atom stereocenters. The molecule has 1 aromatic heterocycles. The highest BCUT2D eigenvalue weighted by atomic mass is 19.2. The maximum Gasteiger partial charge on any atom is 0.309 e. The second-order valence-corrected chi connectivity index (χ2v) is 10.3. The number of nitrogens with zero attached hydrogens (tertiary/aromatic N) is 3. The number of piperidine rings is 1. The quantitative estimate of drug-likeness (QED) is 0.306. The van der Waals surface area contributed by atoms with Crippen LogP contribution in [0.5, 0.6) is 5.75 Å². The molecule has 2 N–H and O–H groups in total. The molecule has 40 heavy (non-hydrogen) atoms. The molecule has 1 aliphatic heterocycles. The lowest BCUT2D eigenvalue weighted by atomic mass is 9.74. The van der Waals surface area contributed by atoms with Gasteiger partial charge in [0.15, 0.2) is 11.6 Å². The molecule has 4 rings (SSSR count). The molecule has 2 heterocycles. The summed E-state index contributed by atoms with van der Waals surface area (Å²) < 4.78 is 46.0. The summed E-state index contributed by atoms with van der Waals surface area (Å²) >= 11 is 0. The molecule has 0 radical (unpaired) electrons. The average Bonchev–Trinajstić information content (AvgIpc) is 2.93. The SMILES string of the molecule is COc1ccc2ncc(N(C)C)c([C@@H](O)CCC3(C(=O)O)CCN(CC#Cc4cc(F)cc(F)c4F)CC3)c2c1. The summed E-state index contributed by atoms with van der Waals surface area (Å²) in [5, 5.41) is 22.3. The topological polar surface area (TPSA) is 86.1 Å². The van der Waals surface area contributed by atoms with E-state index in [9.17, 15) is 28.2 Å². The monoisotopic (exact) mass is 555 g/mol. The number of benzene rings is 2. The fraction of sp³-hybridized carbons (Fsp3) is 0.400. The van der Waals surface area contributed by atoms with Gasteiger partial charge in [-0.05, 0) is 49.9 Å². The first-order chi connectivity index (χ1) is 19.0. The number of ether oxygens (including phenoxy) is 1. The van der Waals surface area contributed by atoms with Crippen LogP contribution in [0.1, 0.15) is 42.9 Å². The number of aliphatic hydroxyl groups is 1. The molecule has 0 amide bonds. The fourth-order valence-corrected chi connectivity index (χ4v) is 5.18. The lowest BCUT2D eigenvalue weighted by Gasteiger charge is -2.38. The number of aliphatic hydroxyl groups excluding tert-OH is 1. The van der Waals surface area contributed by atoms with Gasteiger partial charge in [-0.1, -0.05) is 11.8 Å². The molecule has 1 aliphatic rings. The van der Waals surface area contributed by atoms with Crippen molar-refractivity contribution in [1.82, 2.24) is 9.88 Å². The molecule has 10 heteroatoms. The van der Waals surface area contributed by atoms with Crippen molar-refractivity contribution in [2.75, 3.05) is 45.7 Å². The Morgan fingerprint density at radius 2 is 1.93 bits per heavy atom. The van der Waals surface area contributed by atoms with Gasteiger partial charge in [0.25, 0.3) is 0 Å². The van der Waals surface area contributed by atoms with Crippen LogP contribution >= 0.6 is 0 Å². The van der Waals surface area contributed by atoms with E-state index in [0.717, 1.165) is 17.1 Å². The third kappa shape index (κ3) is 6.16. The maximum absolute atomic E-state index is 13.8. The standard InChI is InChI=1S/C30H32F3N3O4/c1-35(2)25-18-34-24-7-6-21(40-3)17-22(24)27(25)26(37)8-9-30(29(38)39)10-13-36(14-11-30)12-4-5-19-15-20(31)16-23(32)28(19)33/h6-7,15-18,26,37H,8-14H2,1-3H3,(H,38,39)/t26-/m0/s1. The maximum atomic E-state index is 13.8. The molecule has 1 atom stereocenters. The van der Waals surface area contributed by atoms with Gasteiger partial charge in [0.05, 0.1) is 48.1 Å². The van der Waals surface area contributed by atoms with Crippen LogP contribution in [0.3, 0.4) is 0 Å². The minimum absolute atomic E-state index is 0.201. The highest BCUT2D eigenvalue weighted by Gasteiger charge is 2.41. The zero-order chi connectivity index (χ0) is 29.0. The lowest BCUT2D eigenvalue weighted by molar-refractivity contribution is -0.153. The van der Waals surface area contributed by atoms with Crippen LogP contribution in [0, 0.1) is 34.7 Å². The zero-order valence-corrected chi connectivity index (χ0v) is 22.7. The van der Waals surface area contributed by atoms with Gasteiger partial charge in [0.2, 0.25) is 0 Å². The normalized spacial score (nSPS) is 15.8. The fourth-order valence-electron chi connectivity index (χ4n) is 5.18. The predicted molar refractivity (Wildman–Crippen MR) is 146 cm³/mol. The second kappa shape index (κ2) is 12.1. The number of fused-ring (bicyclic) bond motifs is 1. The van der Waals surface area contributed by atoms with Crippen molar-refractivity contribution in [2.24, 2.45) is 5.41 Å². The minimum atomic E-state index is -1.30. The number of likely N-dealkylation sites (tertiary alicyclic amines) is 1. The van der Waals surface area contributed by atoms with E-state index in [-0.39, 0.29) is 24.9 Å². The molecule has 0 saturated carbocycles. The zero-order valence-electron chi connectivity index (χ0n) is 22.7. The Balaban J connectivity index is 1.46. The van der Waals surface area contributed by atoms with Crippen LogP contribution < -0.4 is 9.64 Å². The van der Waals surface area contributed by atoms with E-state index < -0.39 is 34.9 Å². The van der Waals surface area contributed by atoms with Crippen LogP contribution in [0.25, 0.3) is 10.9 Å². The summed E-state index contributed by atoms with van der Waals surface area (Å²) in [6, 6.07) is 6.74. The van der Waals surface area contributed by atoms with Crippen LogP contribution in [0.4, 0.5) is 18.9 Å². The molecule has 3 aromatic rings. The van der Waals surface area contributed by atoms with E-state index in [1.54, 1.807) is 19.4 Å². The summed E-state index contributed by atoms with van der Waals surface area (Å²) in [5.74, 6) is 1.50. The summed E-state index contributed by atoms with van der Waals surface area (Å²) in [5.41, 5.74) is 0.718. The highest BCUT2D eigenvalue weighted by molar-refractivity contribution is 5.88. The Hall–Kier alpha value is -3.81. The Kier molecular flexibility index (Phi) is 8.86. The summed E-state index contributed by atoms with van der Waals surface area (Å²) in [4.78, 5) is 20.7. The van der Waals surface area contributed by atoms with E-state index in [2.05, 4.69) is 16.8 Å². The van der Waals surface area contributed by atoms with Gasteiger partial charge in [-0.2, -0.15) is 0 Å². The molecular formula is C30H32F3N3O4. The minimum Gasteiger partial charge on any atom is -0.497 e. The Bertz CT molecular complexity index is 1460. The third-order valence-electron chi connectivity index (χ3n) is 7.59. The number of halogens is 3. The van der Waals surface area contributed by atoms with Gasteiger partial charge in [-0.25, -0.2) is 13.2 Å². The number of carboxylic acid groups (broad SMARTS) is 1. The Labute approximate surface area is 231 Å². The summed E-state index contributed by atoms with van der Waals surface area (Å²) in [6.07, 6.45) is 1.93. The molecule has 1 saturated heterocycles.